The summed E-state index contributed by atoms with van der Waals surface area (Å²) < 4.78 is 12.4. The van der Waals surface area contributed by atoms with Gasteiger partial charge in [0.15, 0.2) is 11.5 Å². The predicted molar refractivity (Wildman–Crippen MR) is 129 cm³/mol. The lowest BCUT2D eigenvalue weighted by Gasteiger charge is -2.12. The maximum Gasteiger partial charge on any atom is 0.307 e. The molecule has 162 valence electrons. The SMILES string of the molecule is COc1cc(/C=C(/CC(=O)O)c2nc3ccccc3s2)ccc1OCc1ccccc1Cl. The summed E-state index contributed by atoms with van der Waals surface area (Å²) in [4.78, 5) is 16.1. The minimum atomic E-state index is -0.915. The van der Waals surface area contributed by atoms with E-state index in [9.17, 15) is 9.90 Å². The van der Waals surface area contributed by atoms with Crippen molar-refractivity contribution in [3.05, 3.63) is 87.9 Å². The van der Waals surface area contributed by atoms with E-state index in [1.807, 2.05) is 66.7 Å². The average Bonchev–Trinajstić information content (AvgIpc) is 3.22. The highest BCUT2D eigenvalue weighted by molar-refractivity contribution is 7.19. The molecule has 0 saturated carbocycles. The maximum atomic E-state index is 11.5. The molecule has 1 N–H and O–H groups in total. The average molecular weight is 466 g/mol. The van der Waals surface area contributed by atoms with Crippen LogP contribution in [-0.2, 0) is 11.4 Å². The number of fused-ring (bicyclic) bond motifs is 1. The van der Waals surface area contributed by atoms with E-state index in [1.54, 1.807) is 13.2 Å². The van der Waals surface area contributed by atoms with Gasteiger partial charge < -0.3 is 14.6 Å². The first-order valence-corrected chi connectivity index (χ1v) is 11.1. The number of carboxylic acid groups (broad SMARTS) is 1. The van der Waals surface area contributed by atoms with Gasteiger partial charge in [-0.1, -0.05) is 48.0 Å². The van der Waals surface area contributed by atoms with Crippen LogP contribution in [-0.4, -0.2) is 23.2 Å². The lowest BCUT2D eigenvalue weighted by molar-refractivity contribution is -0.135. The van der Waals surface area contributed by atoms with E-state index >= 15 is 0 Å². The fraction of sp³-hybridized carbons (Fsp3) is 0.120. The van der Waals surface area contributed by atoms with Crippen LogP contribution in [0.3, 0.4) is 0 Å². The highest BCUT2D eigenvalue weighted by Crippen LogP contribution is 2.33. The summed E-state index contributed by atoms with van der Waals surface area (Å²) >= 11 is 7.68. The van der Waals surface area contributed by atoms with Crippen molar-refractivity contribution in [2.45, 2.75) is 13.0 Å². The number of nitrogens with zero attached hydrogens (tertiary/aromatic N) is 1. The minimum Gasteiger partial charge on any atom is -0.493 e. The summed E-state index contributed by atoms with van der Waals surface area (Å²) in [5.74, 6) is 0.205. The molecule has 0 unspecified atom stereocenters. The molecule has 3 aromatic carbocycles. The molecular formula is C25H20ClNO4S. The van der Waals surface area contributed by atoms with Gasteiger partial charge in [-0.15, -0.1) is 11.3 Å². The third-order valence-corrected chi connectivity index (χ3v) is 6.26. The number of thiazole rings is 1. The smallest absolute Gasteiger partial charge is 0.307 e. The normalized spacial score (nSPS) is 11.5. The van der Waals surface area contributed by atoms with Crippen LogP contribution in [0.1, 0.15) is 22.6 Å². The third-order valence-electron chi connectivity index (χ3n) is 4.78. The van der Waals surface area contributed by atoms with E-state index < -0.39 is 5.97 Å². The van der Waals surface area contributed by atoms with E-state index in [-0.39, 0.29) is 6.42 Å². The van der Waals surface area contributed by atoms with Crippen LogP contribution >= 0.6 is 22.9 Å². The number of hydrogen-bond donors (Lipinski definition) is 1. The summed E-state index contributed by atoms with van der Waals surface area (Å²) in [5, 5.41) is 10.7. The molecule has 32 heavy (non-hydrogen) atoms. The first kappa shape index (κ1) is 21.9. The minimum absolute atomic E-state index is 0.132. The largest absolute Gasteiger partial charge is 0.493 e. The number of aliphatic carboxylic acids is 1. The van der Waals surface area contributed by atoms with Crippen LogP contribution in [0, 0.1) is 0 Å². The zero-order chi connectivity index (χ0) is 22.5. The van der Waals surface area contributed by atoms with E-state index in [2.05, 4.69) is 4.98 Å². The summed E-state index contributed by atoms with van der Waals surface area (Å²) in [7, 11) is 1.57. The van der Waals surface area contributed by atoms with Crippen molar-refractivity contribution in [2.24, 2.45) is 0 Å². The predicted octanol–water partition coefficient (Wildman–Crippen LogP) is 6.55. The van der Waals surface area contributed by atoms with Crippen molar-refractivity contribution in [2.75, 3.05) is 7.11 Å². The molecule has 0 amide bonds. The van der Waals surface area contributed by atoms with Crippen LogP contribution in [0.4, 0.5) is 0 Å². The molecule has 0 aliphatic heterocycles. The highest BCUT2D eigenvalue weighted by atomic mass is 35.5. The second kappa shape index (κ2) is 9.85. The molecule has 0 spiro atoms. The first-order chi connectivity index (χ1) is 15.5. The molecule has 7 heteroatoms. The Hall–Kier alpha value is -3.35. The topological polar surface area (TPSA) is 68.7 Å². The van der Waals surface area contributed by atoms with Gasteiger partial charge in [-0.25, -0.2) is 4.98 Å². The van der Waals surface area contributed by atoms with Crippen molar-refractivity contribution >= 4 is 50.8 Å². The number of methoxy groups -OCH3 is 1. The second-order valence-electron chi connectivity index (χ2n) is 7.02. The summed E-state index contributed by atoms with van der Waals surface area (Å²) in [5.41, 5.74) is 3.15. The van der Waals surface area contributed by atoms with Gasteiger partial charge in [-0.3, -0.25) is 4.79 Å². The summed E-state index contributed by atoms with van der Waals surface area (Å²) in [6.45, 7) is 0.307. The van der Waals surface area contributed by atoms with Crippen LogP contribution in [0.2, 0.25) is 5.02 Å². The van der Waals surface area contributed by atoms with E-state index in [1.165, 1.54) is 11.3 Å². The lowest BCUT2D eigenvalue weighted by atomic mass is 10.1. The Balaban J connectivity index is 1.63. The molecule has 1 heterocycles. The number of halogens is 1. The quantitative estimate of drug-likeness (QED) is 0.319. The van der Waals surface area contributed by atoms with Crippen molar-refractivity contribution in [3.63, 3.8) is 0 Å². The number of carbonyl (C=O) groups is 1. The molecule has 0 atom stereocenters. The van der Waals surface area contributed by atoms with Gasteiger partial charge in [0.1, 0.15) is 11.6 Å². The van der Waals surface area contributed by atoms with Gasteiger partial charge in [-0.2, -0.15) is 0 Å². The highest BCUT2D eigenvalue weighted by Gasteiger charge is 2.14. The van der Waals surface area contributed by atoms with Gasteiger partial charge in [0.25, 0.3) is 0 Å². The Kier molecular flexibility index (Phi) is 6.73. The van der Waals surface area contributed by atoms with E-state index in [0.29, 0.717) is 33.7 Å². The third kappa shape index (κ3) is 5.10. The van der Waals surface area contributed by atoms with Crippen LogP contribution in [0.25, 0.3) is 21.9 Å². The number of benzene rings is 3. The van der Waals surface area contributed by atoms with Crippen LogP contribution in [0.5, 0.6) is 11.5 Å². The molecule has 0 aliphatic carbocycles. The Morgan fingerprint density at radius 2 is 1.88 bits per heavy atom. The molecule has 4 aromatic rings. The van der Waals surface area contributed by atoms with Crippen molar-refractivity contribution in [3.8, 4) is 11.5 Å². The maximum absolute atomic E-state index is 11.5. The van der Waals surface area contributed by atoms with Crippen LogP contribution in [0.15, 0.2) is 66.7 Å². The first-order valence-electron chi connectivity index (χ1n) is 9.86. The molecule has 5 nitrogen and oxygen atoms in total. The number of ether oxygens (including phenoxy) is 2. The lowest BCUT2D eigenvalue weighted by Crippen LogP contribution is -1.99. The van der Waals surface area contributed by atoms with Gasteiger partial charge >= 0.3 is 5.97 Å². The molecule has 0 aliphatic rings. The fourth-order valence-corrected chi connectivity index (χ4v) is 4.40. The molecular weight excluding hydrogens is 446 g/mol. The molecule has 0 radical (unpaired) electrons. The Labute approximate surface area is 194 Å². The summed E-state index contributed by atoms with van der Waals surface area (Å²) in [6.07, 6.45) is 1.69. The molecule has 4 rings (SSSR count). The zero-order valence-electron chi connectivity index (χ0n) is 17.2. The number of rotatable bonds is 8. The Bertz CT molecular complexity index is 1270. The standard InChI is InChI=1S/C25H20ClNO4S/c1-30-22-13-16(10-11-21(22)31-15-17-6-2-3-7-19(17)26)12-18(14-24(28)29)25-27-20-8-4-5-9-23(20)32-25/h2-13H,14-15H2,1H3,(H,28,29)/b18-12-. The molecule has 1 aromatic heterocycles. The second-order valence-corrected chi connectivity index (χ2v) is 8.46. The monoisotopic (exact) mass is 465 g/mol. The number of carboxylic acids is 1. The summed E-state index contributed by atoms with van der Waals surface area (Å²) in [6, 6.07) is 20.7. The Morgan fingerprint density at radius 3 is 2.62 bits per heavy atom. The van der Waals surface area contributed by atoms with Crippen molar-refractivity contribution < 1.29 is 19.4 Å². The number of aromatic nitrogens is 1. The van der Waals surface area contributed by atoms with E-state index in [4.69, 9.17) is 21.1 Å². The number of para-hydroxylation sites is 1. The van der Waals surface area contributed by atoms with Gasteiger partial charge in [0.2, 0.25) is 0 Å². The van der Waals surface area contributed by atoms with Gasteiger partial charge in [0.05, 0.1) is 23.7 Å². The zero-order valence-corrected chi connectivity index (χ0v) is 18.8. The van der Waals surface area contributed by atoms with Gasteiger partial charge in [-0.05, 0) is 47.5 Å². The molecule has 0 bridgehead atoms. The van der Waals surface area contributed by atoms with Crippen molar-refractivity contribution in [1.29, 1.82) is 0 Å². The van der Waals surface area contributed by atoms with Crippen LogP contribution < -0.4 is 9.47 Å². The Morgan fingerprint density at radius 1 is 1.09 bits per heavy atom. The van der Waals surface area contributed by atoms with Crippen molar-refractivity contribution in [1.82, 2.24) is 4.98 Å². The fourth-order valence-electron chi connectivity index (χ4n) is 3.23. The van der Waals surface area contributed by atoms with Gasteiger partial charge in [0, 0.05) is 10.6 Å². The van der Waals surface area contributed by atoms with E-state index in [0.717, 1.165) is 21.3 Å². The number of hydrogen-bond acceptors (Lipinski definition) is 5. The molecule has 0 fully saturated rings. The molecule has 0 saturated heterocycles.